The van der Waals surface area contributed by atoms with Crippen LogP contribution >= 0.6 is 0 Å². The molecule has 2 aromatic carbocycles. The molecule has 2 aromatic rings. The normalized spacial score (nSPS) is 10.1. The molecule has 5 heteroatoms. The number of carbonyl (C=O) groups is 2. The molecule has 0 saturated carbocycles. The zero-order valence-corrected chi connectivity index (χ0v) is 12.2. The molecule has 0 spiro atoms. The Balaban J connectivity index is 1.77. The van der Waals surface area contributed by atoms with Crippen LogP contribution in [0.1, 0.15) is 26.3 Å². The molecule has 2 N–H and O–H groups in total. The molecule has 0 atom stereocenters. The molecule has 0 unspecified atom stereocenters. The highest BCUT2D eigenvalue weighted by Gasteiger charge is 2.10. The molecule has 0 aliphatic carbocycles. The maximum atomic E-state index is 13.4. The second-order valence-electron chi connectivity index (χ2n) is 4.86. The summed E-state index contributed by atoms with van der Waals surface area (Å²) in [6, 6.07) is 12.9. The molecule has 0 aliphatic rings. The second kappa shape index (κ2) is 7.36. The van der Waals surface area contributed by atoms with Crippen LogP contribution in [0.3, 0.4) is 0 Å². The van der Waals surface area contributed by atoms with E-state index in [1.54, 1.807) is 18.2 Å². The van der Waals surface area contributed by atoms with E-state index in [4.69, 9.17) is 0 Å². The van der Waals surface area contributed by atoms with E-state index in [0.29, 0.717) is 5.56 Å². The van der Waals surface area contributed by atoms with E-state index < -0.39 is 11.7 Å². The molecule has 0 heterocycles. The van der Waals surface area contributed by atoms with Gasteiger partial charge < -0.3 is 10.6 Å². The molecule has 4 nitrogen and oxygen atoms in total. The third-order valence-electron chi connectivity index (χ3n) is 3.13. The number of carbonyl (C=O) groups excluding carboxylic acids is 2. The van der Waals surface area contributed by atoms with Crippen molar-refractivity contribution in [3.05, 3.63) is 71.0 Å². The largest absolute Gasteiger partial charge is 0.350 e. The van der Waals surface area contributed by atoms with Crippen LogP contribution in [0.15, 0.2) is 48.5 Å². The smallest absolute Gasteiger partial charge is 0.254 e. The van der Waals surface area contributed by atoms with E-state index in [1.165, 1.54) is 18.2 Å². The van der Waals surface area contributed by atoms with Gasteiger partial charge in [-0.05, 0) is 31.2 Å². The molecule has 0 aliphatic heterocycles. The van der Waals surface area contributed by atoms with Gasteiger partial charge in [0.05, 0.1) is 5.56 Å². The summed E-state index contributed by atoms with van der Waals surface area (Å²) in [5, 5.41) is 5.25. The van der Waals surface area contributed by atoms with Gasteiger partial charge in [0, 0.05) is 18.7 Å². The van der Waals surface area contributed by atoms with E-state index in [9.17, 15) is 14.0 Å². The van der Waals surface area contributed by atoms with E-state index in [-0.39, 0.29) is 24.6 Å². The number of nitrogens with one attached hydrogen (secondary N) is 2. The number of hydrogen-bond donors (Lipinski definition) is 2. The number of halogens is 1. The lowest BCUT2D eigenvalue weighted by atomic mass is 10.1. The van der Waals surface area contributed by atoms with Gasteiger partial charge in [0.25, 0.3) is 11.8 Å². The molecule has 0 saturated heterocycles. The Morgan fingerprint density at radius 2 is 1.50 bits per heavy atom. The van der Waals surface area contributed by atoms with Crippen LogP contribution in [0.2, 0.25) is 0 Å². The van der Waals surface area contributed by atoms with E-state index in [2.05, 4.69) is 10.6 Å². The van der Waals surface area contributed by atoms with Crippen molar-refractivity contribution in [3.8, 4) is 0 Å². The maximum absolute atomic E-state index is 13.4. The Morgan fingerprint density at radius 3 is 2.14 bits per heavy atom. The predicted octanol–water partition coefficient (Wildman–Crippen LogP) is 2.29. The van der Waals surface area contributed by atoms with Gasteiger partial charge in [-0.25, -0.2) is 4.39 Å². The number of amides is 2. The van der Waals surface area contributed by atoms with Gasteiger partial charge in [-0.15, -0.1) is 0 Å². The van der Waals surface area contributed by atoms with Gasteiger partial charge in [0.1, 0.15) is 5.82 Å². The minimum absolute atomic E-state index is 0.00707. The second-order valence-corrected chi connectivity index (χ2v) is 4.86. The van der Waals surface area contributed by atoms with Crippen molar-refractivity contribution in [2.75, 3.05) is 13.1 Å². The van der Waals surface area contributed by atoms with Crippen LogP contribution in [0.5, 0.6) is 0 Å². The van der Waals surface area contributed by atoms with E-state index >= 15 is 0 Å². The maximum Gasteiger partial charge on any atom is 0.254 e. The van der Waals surface area contributed by atoms with Crippen LogP contribution < -0.4 is 10.6 Å². The van der Waals surface area contributed by atoms with Gasteiger partial charge in [0.2, 0.25) is 0 Å². The van der Waals surface area contributed by atoms with Crippen molar-refractivity contribution >= 4 is 11.8 Å². The van der Waals surface area contributed by atoms with Crippen molar-refractivity contribution in [1.29, 1.82) is 0 Å². The number of hydrogen-bond acceptors (Lipinski definition) is 2. The highest BCUT2D eigenvalue weighted by Crippen LogP contribution is 2.05. The average Bonchev–Trinajstić information content (AvgIpc) is 2.52. The van der Waals surface area contributed by atoms with Crippen LogP contribution in [0.25, 0.3) is 0 Å². The highest BCUT2D eigenvalue weighted by molar-refractivity contribution is 5.95. The summed E-state index contributed by atoms with van der Waals surface area (Å²) < 4.78 is 13.4. The summed E-state index contributed by atoms with van der Waals surface area (Å²) in [7, 11) is 0. The first-order chi connectivity index (χ1) is 10.6. The Hall–Kier alpha value is -2.69. The Morgan fingerprint density at radius 1 is 0.909 bits per heavy atom. The molecule has 0 fully saturated rings. The van der Waals surface area contributed by atoms with Gasteiger partial charge in [-0.1, -0.05) is 29.8 Å². The minimum Gasteiger partial charge on any atom is -0.350 e. The first-order valence-electron chi connectivity index (χ1n) is 6.95. The predicted molar refractivity (Wildman–Crippen MR) is 82.2 cm³/mol. The highest BCUT2D eigenvalue weighted by atomic mass is 19.1. The van der Waals surface area contributed by atoms with Crippen molar-refractivity contribution < 1.29 is 14.0 Å². The van der Waals surface area contributed by atoms with Crippen molar-refractivity contribution in [2.45, 2.75) is 6.92 Å². The van der Waals surface area contributed by atoms with Crippen LogP contribution in [0, 0.1) is 12.7 Å². The number of benzene rings is 2. The number of rotatable bonds is 5. The Bertz CT molecular complexity index is 669. The van der Waals surface area contributed by atoms with Gasteiger partial charge in [0.15, 0.2) is 0 Å². The summed E-state index contributed by atoms with van der Waals surface area (Å²) in [5.41, 5.74) is 1.63. The topological polar surface area (TPSA) is 58.2 Å². The molecule has 0 bridgehead atoms. The molecule has 2 amide bonds. The molecule has 114 valence electrons. The van der Waals surface area contributed by atoms with Gasteiger partial charge >= 0.3 is 0 Å². The molecule has 22 heavy (non-hydrogen) atoms. The quantitative estimate of drug-likeness (QED) is 0.832. The summed E-state index contributed by atoms with van der Waals surface area (Å²) in [4.78, 5) is 23.6. The van der Waals surface area contributed by atoms with E-state index in [0.717, 1.165) is 5.56 Å². The average molecular weight is 300 g/mol. The fourth-order valence-electron chi connectivity index (χ4n) is 1.90. The van der Waals surface area contributed by atoms with Crippen molar-refractivity contribution in [1.82, 2.24) is 10.6 Å². The standard InChI is InChI=1S/C17H17FN2O2/c1-12-6-8-13(9-7-12)16(21)19-10-11-20-17(22)14-4-2-3-5-15(14)18/h2-9H,10-11H2,1H3,(H,19,21)(H,20,22). The lowest BCUT2D eigenvalue weighted by molar-refractivity contribution is 0.0925. The molecular weight excluding hydrogens is 283 g/mol. The third-order valence-corrected chi connectivity index (χ3v) is 3.13. The summed E-state index contributed by atoms with van der Waals surface area (Å²) in [6.45, 7) is 2.44. The van der Waals surface area contributed by atoms with E-state index in [1.807, 2.05) is 19.1 Å². The van der Waals surface area contributed by atoms with Gasteiger partial charge in [-0.3, -0.25) is 9.59 Å². The first kappa shape index (κ1) is 15.7. The van der Waals surface area contributed by atoms with Crippen molar-refractivity contribution in [2.24, 2.45) is 0 Å². The molecule has 0 aromatic heterocycles. The first-order valence-corrected chi connectivity index (χ1v) is 6.95. The van der Waals surface area contributed by atoms with Crippen LogP contribution in [-0.2, 0) is 0 Å². The monoisotopic (exact) mass is 300 g/mol. The lowest BCUT2D eigenvalue weighted by Crippen LogP contribution is -2.35. The van der Waals surface area contributed by atoms with Crippen LogP contribution in [0.4, 0.5) is 4.39 Å². The SMILES string of the molecule is Cc1ccc(C(=O)NCCNC(=O)c2ccccc2F)cc1. The molecule has 0 radical (unpaired) electrons. The fraction of sp³-hybridized carbons (Fsp3) is 0.176. The zero-order chi connectivity index (χ0) is 15.9. The van der Waals surface area contributed by atoms with Crippen LogP contribution in [-0.4, -0.2) is 24.9 Å². The fourth-order valence-corrected chi connectivity index (χ4v) is 1.90. The summed E-state index contributed by atoms with van der Waals surface area (Å²) >= 11 is 0. The Kier molecular flexibility index (Phi) is 5.25. The molecular formula is C17H17FN2O2. The summed E-state index contributed by atoms with van der Waals surface area (Å²) in [5.74, 6) is -1.27. The van der Waals surface area contributed by atoms with Gasteiger partial charge in [-0.2, -0.15) is 0 Å². The number of aryl methyl sites for hydroxylation is 1. The third kappa shape index (κ3) is 4.15. The minimum atomic E-state index is -0.566. The molecule has 2 rings (SSSR count). The summed E-state index contributed by atoms with van der Waals surface area (Å²) in [6.07, 6.45) is 0. The lowest BCUT2D eigenvalue weighted by Gasteiger charge is -2.08. The zero-order valence-electron chi connectivity index (χ0n) is 12.2. The van der Waals surface area contributed by atoms with Crippen molar-refractivity contribution in [3.63, 3.8) is 0 Å². The Labute approximate surface area is 128 Å².